The minimum atomic E-state index is 0.0931. The quantitative estimate of drug-likeness (QED) is 0.547. The molecule has 0 aromatic heterocycles. The third-order valence-corrected chi connectivity index (χ3v) is 1.74. The fourth-order valence-corrected chi connectivity index (χ4v) is 1.18. The van der Waals surface area contributed by atoms with Crippen LogP contribution in [0.25, 0.3) is 0 Å². The van der Waals surface area contributed by atoms with E-state index in [4.69, 9.17) is 5.41 Å². The normalized spacial score (nSPS) is 22.5. The van der Waals surface area contributed by atoms with Crippen molar-refractivity contribution >= 4 is 11.5 Å². The molecule has 0 aromatic rings. The van der Waals surface area contributed by atoms with Gasteiger partial charge in [-0.3, -0.25) is 4.79 Å². The van der Waals surface area contributed by atoms with Crippen LogP contribution in [0.1, 0.15) is 19.3 Å². The predicted octanol–water partition coefficient (Wildman–Crippen LogP) is 0.862. The predicted molar refractivity (Wildman–Crippen MR) is 43.7 cm³/mol. The van der Waals surface area contributed by atoms with Gasteiger partial charge in [-0.15, -0.1) is 0 Å². The van der Waals surface area contributed by atoms with E-state index in [-0.39, 0.29) is 5.78 Å². The minimum Gasteiger partial charge on any atom is -0.393 e. The molecule has 0 aromatic carbocycles. The number of rotatable bonds is 1. The Labute approximate surface area is 66.0 Å². The minimum absolute atomic E-state index is 0.0931. The molecule has 1 aliphatic carbocycles. The second-order valence-electron chi connectivity index (χ2n) is 2.60. The number of carbonyl (C=O) groups excluding carboxylic acids is 1. The summed E-state index contributed by atoms with van der Waals surface area (Å²) in [5.74, 6) is 0.0931. The van der Waals surface area contributed by atoms with E-state index in [0.717, 1.165) is 12.8 Å². The Bertz CT molecular complexity index is 200. The van der Waals surface area contributed by atoms with Gasteiger partial charge in [-0.2, -0.15) is 0 Å². The first kappa shape index (κ1) is 7.98. The number of hydrogen-bond donors (Lipinski definition) is 2. The zero-order valence-electron chi connectivity index (χ0n) is 6.61. The van der Waals surface area contributed by atoms with Crippen molar-refractivity contribution in [2.45, 2.75) is 19.3 Å². The Morgan fingerprint density at radius 3 is 2.82 bits per heavy atom. The molecule has 0 spiro atoms. The zero-order valence-corrected chi connectivity index (χ0v) is 6.61. The van der Waals surface area contributed by atoms with E-state index >= 15 is 0 Å². The molecule has 3 nitrogen and oxygen atoms in total. The molecule has 1 rings (SSSR count). The molecule has 1 fully saturated rings. The molecule has 0 aliphatic heterocycles. The summed E-state index contributed by atoms with van der Waals surface area (Å²) in [5.41, 5.74) is 1.02. The van der Waals surface area contributed by atoms with E-state index in [1.165, 1.54) is 0 Å². The van der Waals surface area contributed by atoms with Gasteiger partial charge in [-0.25, -0.2) is 0 Å². The van der Waals surface area contributed by atoms with Gasteiger partial charge < -0.3 is 10.7 Å². The standard InChI is InChI=1S/C8H12N2O/c1-10-5-6-7(9)3-2-4-8(6)11/h5,9-10H,2-4H2,1H3/b6-5+,9-7?. The van der Waals surface area contributed by atoms with Crippen LogP contribution in [0, 0.1) is 5.41 Å². The average molecular weight is 152 g/mol. The lowest BCUT2D eigenvalue weighted by Gasteiger charge is -2.13. The first-order valence-corrected chi connectivity index (χ1v) is 3.74. The topological polar surface area (TPSA) is 53.0 Å². The molecular weight excluding hydrogens is 140 g/mol. The first-order valence-electron chi connectivity index (χ1n) is 3.74. The zero-order chi connectivity index (χ0) is 8.27. The lowest BCUT2D eigenvalue weighted by atomic mass is 9.92. The van der Waals surface area contributed by atoms with Crippen molar-refractivity contribution in [3.63, 3.8) is 0 Å². The molecule has 1 aliphatic rings. The number of Topliss-reactive ketones (excluding diaryl/α,β-unsaturated/α-hetero) is 1. The maximum Gasteiger partial charge on any atom is 0.166 e. The summed E-state index contributed by atoms with van der Waals surface area (Å²) >= 11 is 0. The van der Waals surface area contributed by atoms with E-state index in [9.17, 15) is 4.79 Å². The van der Waals surface area contributed by atoms with E-state index < -0.39 is 0 Å². The number of carbonyl (C=O) groups is 1. The summed E-state index contributed by atoms with van der Waals surface area (Å²) in [4.78, 5) is 11.1. The van der Waals surface area contributed by atoms with Gasteiger partial charge >= 0.3 is 0 Å². The van der Waals surface area contributed by atoms with Crippen molar-refractivity contribution in [1.29, 1.82) is 5.41 Å². The maximum atomic E-state index is 11.1. The van der Waals surface area contributed by atoms with Crippen LogP contribution in [0.3, 0.4) is 0 Å². The molecular formula is C8H12N2O. The van der Waals surface area contributed by atoms with Crippen molar-refractivity contribution in [2.75, 3.05) is 7.05 Å². The van der Waals surface area contributed by atoms with Crippen molar-refractivity contribution in [1.82, 2.24) is 5.32 Å². The fraction of sp³-hybridized carbons (Fsp3) is 0.500. The third kappa shape index (κ3) is 1.67. The van der Waals surface area contributed by atoms with Gasteiger partial charge in [0.1, 0.15) is 0 Å². The van der Waals surface area contributed by atoms with E-state index in [1.807, 2.05) is 0 Å². The van der Waals surface area contributed by atoms with E-state index in [2.05, 4.69) is 5.32 Å². The molecule has 2 N–H and O–H groups in total. The lowest BCUT2D eigenvalue weighted by Crippen LogP contribution is -2.19. The van der Waals surface area contributed by atoms with Gasteiger partial charge in [0.15, 0.2) is 5.78 Å². The summed E-state index contributed by atoms with van der Waals surface area (Å²) in [6.45, 7) is 0. The molecule has 0 radical (unpaired) electrons. The molecule has 0 heterocycles. The molecule has 1 saturated carbocycles. The van der Waals surface area contributed by atoms with Crippen LogP contribution in [-0.2, 0) is 4.79 Å². The van der Waals surface area contributed by atoms with E-state index in [1.54, 1.807) is 13.2 Å². The highest BCUT2D eigenvalue weighted by Gasteiger charge is 2.19. The monoisotopic (exact) mass is 152 g/mol. The van der Waals surface area contributed by atoms with Gasteiger partial charge in [0.25, 0.3) is 0 Å². The highest BCUT2D eigenvalue weighted by Crippen LogP contribution is 2.15. The number of nitrogens with one attached hydrogen (secondary N) is 2. The van der Waals surface area contributed by atoms with Crippen molar-refractivity contribution in [3.05, 3.63) is 11.8 Å². The highest BCUT2D eigenvalue weighted by molar-refractivity contribution is 6.22. The third-order valence-electron chi connectivity index (χ3n) is 1.74. The first-order chi connectivity index (χ1) is 5.25. The SMILES string of the molecule is CN/C=C1\C(=N)CCCC1=O. The lowest BCUT2D eigenvalue weighted by molar-refractivity contribution is -0.115. The summed E-state index contributed by atoms with van der Waals surface area (Å²) < 4.78 is 0. The van der Waals surface area contributed by atoms with Gasteiger partial charge in [0.05, 0.1) is 5.57 Å². The number of hydrogen-bond acceptors (Lipinski definition) is 3. The Balaban J connectivity index is 2.79. The van der Waals surface area contributed by atoms with Crippen LogP contribution >= 0.6 is 0 Å². The summed E-state index contributed by atoms with van der Waals surface area (Å²) in [5, 5.41) is 10.2. The van der Waals surface area contributed by atoms with Gasteiger partial charge in [0, 0.05) is 25.4 Å². The van der Waals surface area contributed by atoms with Crippen LogP contribution < -0.4 is 5.32 Å². The van der Waals surface area contributed by atoms with Crippen LogP contribution in [-0.4, -0.2) is 18.5 Å². The average Bonchev–Trinajstić information content (AvgIpc) is 1.97. The van der Waals surface area contributed by atoms with Crippen molar-refractivity contribution in [3.8, 4) is 0 Å². The molecule has 0 unspecified atom stereocenters. The number of ketones is 1. The van der Waals surface area contributed by atoms with Gasteiger partial charge in [0.2, 0.25) is 0 Å². The second kappa shape index (κ2) is 3.32. The second-order valence-corrected chi connectivity index (χ2v) is 2.60. The van der Waals surface area contributed by atoms with Crippen LogP contribution in [0.4, 0.5) is 0 Å². The van der Waals surface area contributed by atoms with Crippen LogP contribution in [0.15, 0.2) is 11.8 Å². The highest BCUT2D eigenvalue weighted by atomic mass is 16.1. The van der Waals surface area contributed by atoms with Crippen LogP contribution in [0.5, 0.6) is 0 Å². The Morgan fingerprint density at radius 2 is 2.27 bits per heavy atom. The summed E-state index contributed by atoms with van der Waals surface area (Å²) in [6, 6.07) is 0. The van der Waals surface area contributed by atoms with Crippen molar-refractivity contribution < 1.29 is 4.79 Å². The van der Waals surface area contributed by atoms with E-state index in [0.29, 0.717) is 17.7 Å². The van der Waals surface area contributed by atoms with Crippen molar-refractivity contribution in [2.24, 2.45) is 0 Å². The molecule has 0 amide bonds. The number of allylic oxidation sites excluding steroid dienone is 1. The summed E-state index contributed by atoms with van der Waals surface area (Å²) in [7, 11) is 1.74. The fourth-order valence-electron chi connectivity index (χ4n) is 1.18. The molecule has 3 heteroatoms. The largest absolute Gasteiger partial charge is 0.393 e. The van der Waals surface area contributed by atoms with Gasteiger partial charge in [-0.05, 0) is 12.8 Å². The maximum absolute atomic E-state index is 11.1. The Kier molecular flexibility index (Phi) is 2.41. The molecule has 11 heavy (non-hydrogen) atoms. The smallest absolute Gasteiger partial charge is 0.166 e. The Morgan fingerprint density at radius 1 is 1.55 bits per heavy atom. The molecule has 0 saturated heterocycles. The van der Waals surface area contributed by atoms with Gasteiger partial charge in [-0.1, -0.05) is 0 Å². The molecule has 0 bridgehead atoms. The molecule has 60 valence electrons. The van der Waals surface area contributed by atoms with Crippen LogP contribution in [0.2, 0.25) is 0 Å². The molecule has 0 atom stereocenters. The summed E-state index contributed by atoms with van der Waals surface area (Å²) in [6.07, 6.45) is 3.78. The Hall–Kier alpha value is -1.12.